The van der Waals surface area contributed by atoms with Gasteiger partial charge in [0.05, 0.1) is 16.8 Å². The van der Waals surface area contributed by atoms with Crippen LogP contribution in [0.25, 0.3) is 10.8 Å². The fraction of sp³-hybridized carbons (Fsp3) is 0. The van der Waals surface area contributed by atoms with Gasteiger partial charge < -0.3 is 10.2 Å². The molecule has 0 aliphatic carbocycles. The summed E-state index contributed by atoms with van der Waals surface area (Å²) in [5.74, 6) is -2.17. The molecular weight excluding hydrogens is 293 g/mol. The first-order chi connectivity index (χ1) is 8.54. The van der Waals surface area contributed by atoms with E-state index in [9.17, 15) is 9.59 Å². The molecule has 0 radical (unpaired) electrons. The summed E-state index contributed by atoms with van der Waals surface area (Å²) >= 11 is 4.58. The van der Waals surface area contributed by atoms with Crippen molar-refractivity contribution in [3.63, 3.8) is 0 Å². The van der Waals surface area contributed by atoms with Crippen LogP contribution in [0.15, 0.2) is 34.7 Å². The number of hydrogen-bond donors (Lipinski definition) is 2. The van der Waals surface area contributed by atoms with Crippen molar-refractivity contribution in [1.82, 2.24) is 0 Å². The third-order valence-electron chi connectivity index (χ3n) is 2.56. The Bertz CT molecular complexity index is 687. The Morgan fingerprint density at radius 3 is 2.26 bits per heavy atom. The molecule has 5 nitrogen and oxygen atoms in total. The Labute approximate surface area is 156 Å². The topological polar surface area (TPSA) is 87.0 Å². The van der Waals surface area contributed by atoms with Crippen molar-refractivity contribution >= 4 is 92.2 Å². The van der Waals surface area contributed by atoms with E-state index in [4.69, 9.17) is 10.2 Å². The molecule has 19 heavy (non-hydrogen) atoms. The maximum absolute atomic E-state index is 11.0. The number of carboxylic acid groups (broad SMARTS) is 2. The molecule has 0 aliphatic rings. The number of carbonyl (C=O) groups is 2. The van der Waals surface area contributed by atoms with Crippen LogP contribution in [0.3, 0.4) is 0 Å². The van der Waals surface area contributed by atoms with Crippen LogP contribution in [0.4, 0.5) is 5.69 Å². The average molecular weight is 301 g/mol. The predicted octanol–water partition coefficient (Wildman–Crippen LogP) is 1.95. The molecular formula is C12H8KNO4S. The number of fused-ring (bicyclic) bond motifs is 1. The van der Waals surface area contributed by atoms with Crippen molar-refractivity contribution in [2.24, 2.45) is 4.36 Å². The van der Waals surface area contributed by atoms with Gasteiger partial charge >= 0.3 is 63.3 Å². The normalized spacial score (nSPS) is 9.68. The number of benzene rings is 2. The number of carboxylic acids is 2. The molecule has 92 valence electrons. The van der Waals surface area contributed by atoms with Crippen LogP contribution < -0.4 is 0 Å². The van der Waals surface area contributed by atoms with Gasteiger partial charge in [-0.1, -0.05) is 12.1 Å². The van der Waals surface area contributed by atoms with E-state index in [-0.39, 0.29) is 68.2 Å². The summed E-state index contributed by atoms with van der Waals surface area (Å²) in [6, 6.07) is 7.25. The van der Waals surface area contributed by atoms with Crippen molar-refractivity contribution in [3.8, 4) is 0 Å². The van der Waals surface area contributed by atoms with Gasteiger partial charge in [0, 0.05) is 17.8 Å². The van der Waals surface area contributed by atoms with Crippen molar-refractivity contribution in [2.75, 3.05) is 0 Å². The number of rotatable bonds is 3. The summed E-state index contributed by atoms with van der Waals surface area (Å²) in [4.78, 5) is 21.8. The van der Waals surface area contributed by atoms with Crippen molar-refractivity contribution < 1.29 is 19.8 Å². The van der Waals surface area contributed by atoms with Gasteiger partial charge in [0.25, 0.3) is 0 Å². The molecule has 0 saturated carbocycles. The Morgan fingerprint density at radius 2 is 1.74 bits per heavy atom. The van der Waals surface area contributed by atoms with Crippen LogP contribution >= 0.6 is 0 Å². The predicted molar refractivity (Wildman–Crippen MR) is 74.5 cm³/mol. The van der Waals surface area contributed by atoms with Crippen LogP contribution in [0, 0.1) is 0 Å². The molecule has 0 aliphatic heterocycles. The third kappa shape index (κ3) is 3.25. The Kier molecular flexibility index (Phi) is 5.72. The first-order valence-electron chi connectivity index (χ1n) is 4.91. The molecule has 0 fully saturated rings. The van der Waals surface area contributed by atoms with E-state index in [0.717, 1.165) is 0 Å². The zero-order valence-electron chi connectivity index (χ0n) is 8.95. The van der Waals surface area contributed by atoms with Crippen molar-refractivity contribution in [3.05, 3.63) is 41.5 Å². The minimum absolute atomic E-state index is 0. The van der Waals surface area contributed by atoms with E-state index in [1.54, 1.807) is 0 Å². The van der Waals surface area contributed by atoms with Gasteiger partial charge in [0.1, 0.15) is 0 Å². The van der Waals surface area contributed by atoms with E-state index in [0.29, 0.717) is 10.8 Å². The second-order valence-electron chi connectivity index (χ2n) is 3.60. The molecule has 0 unspecified atom stereocenters. The Hall–Kier alpha value is -0.704. The van der Waals surface area contributed by atoms with Gasteiger partial charge in [0.15, 0.2) is 0 Å². The van der Waals surface area contributed by atoms with Gasteiger partial charge in [-0.25, -0.2) is 9.59 Å². The summed E-state index contributed by atoms with van der Waals surface area (Å²) < 4.78 is 3.55. The van der Waals surface area contributed by atoms with Crippen molar-refractivity contribution in [1.29, 1.82) is 0 Å². The molecule has 0 amide bonds. The van der Waals surface area contributed by atoms with Crippen LogP contribution in [-0.4, -0.2) is 73.5 Å². The molecule has 2 aromatic carbocycles. The standard InChI is InChI=1S/C12H7NO4S.K.H/c14-11(15)7-2-3-8-6(5-7)1-4-9(12(16)17)10(8)13-18;;/h1-5H,(H,14,15)(H,16,17);;. The molecule has 0 spiro atoms. The Morgan fingerprint density at radius 1 is 1.05 bits per heavy atom. The summed E-state index contributed by atoms with van der Waals surface area (Å²) in [5.41, 5.74) is 0.299. The second kappa shape index (κ2) is 6.64. The van der Waals surface area contributed by atoms with Gasteiger partial charge in [-0.05, 0) is 23.6 Å². The van der Waals surface area contributed by atoms with Gasteiger partial charge in [0.2, 0.25) is 0 Å². The summed E-state index contributed by atoms with van der Waals surface area (Å²) in [5, 5.41) is 19.0. The fourth-order valence-corrected chi connectivity index (χ4v) is 1.91. The van der Waals surface area contributed by atoms with Crippen molar-refractivity contribution in [2.45, 2.75) is 0 Å². The monoisotopic (exact) mass is 301 g/mol. The van der Waals surface area contributed by atoms with E-state index in [1.807, 2.05) is 0 Å². The van der Waals surface area contributed by atoms with Crippen LogP contribution in [0.5, 0.6) is 0 Å². The molecule has 0 bridgehead atoms. The van der Waals surface area contributed by atoms with Crippen LogP contribution in [0.2, 0.25) is 0 Å². The Balaban J connectivity index is 0.00000180. The molecule has 0 saturated heterocycles. The second-order valence-corrected chi connectivity index (χ2v) is 3.78. The maximum atomic E-state index is 11.0. The van der Waals surface area contributed by atoms with E-state index >= 15 is 0 Å². The number of aromatic carboxylic acids is 2. The zero-order chi connectivity index (χ0) is 13.3. The molecule has 0 heterocycles. The molecule has 7 heteroatoms. The van der Waals surface area contributed by atoms with Gasteiger partial charge in [-0.3, -0.25) is 0 Å². The van der Waals surface area contributed by atoms with Crippen LogP contribution in [0.1, 0.15) is 20.7 Å². The number of hydrogen-bond acceptors (Lipinski definition) is 4. The molecule has 0 atom stereocenters. The molecule has 2 rings (SSSR count). The SMILES string of the molecule is O=C(O)c1ccc2c(N=S)c(C(=O)O)ccc2c1.[KH]. The molecule has 2 aromatic rings. The zero-order valence-corrected chi connectivity index (χ0v) is 9.77. The minimum atomic E-state index is -1.12. The first kappa shape index (κ1) is 16.4. The quantitative estimate of drug-likeness (QED) is 0.846. The van der Waals surface area contributed by atoms with Gasteiger partial charge in [-0.2, -0.15) is 4.36 Å². The van der Waals surface area contributed by atoms with Gasteiger partial charge in [-0.15, -0.1) is 0 Å². The summed E-state index contributed by atoms with van der Waals surface area (Å²) in [6.07, 6.45) is 0. The third-order valence-corrected chi connectivity index (χ3v) is 2.74. The molecule has 0 aromatic heterocycles. The van der Waals surface area contributed by atoms with E-state index in [1.165, 1.54) is 30.3 Å². The fourth-order valence-electron chi connectivity index (χ4n) is 1.72. The summed E-state index contributed by atoms with van der Waals surface area (Å²) in [6.45, 7) is 0. The average Bonchev–Trinajstić information content (AvgIpc) is 2.36. The van der Waals surface area contributed by atoms with Crippen LogP contribution in [-0.2, 0) is 12.4 Å². The summed E-state index contributed by atoms with van der Waals surface area (Å²) in [7, 11) is 0. The van der Waals surface area contributed by atoms with E-state index in [2.05, 4.69) is 16.8 Å². The first-order valence-corrected chi connectivity index (χ1v) is 5.28. The molecule has 2 N–H and O–H groups in total. The van der Waals surface area contributed by atoms with E-state index < -0.39 is 11.9 Å². The number of nitrogens with zero attached hydrogens (tertiary/aromatic N) is 1.